The van der Waals surface area contributed by atoms with Gasteiger partial charge in [-0.1, -0.05) is 85.0 Å². The SMILES string of the molecule is COc1ccc(-c2cccc(C(=O)N(C)C)c2)cc1S(=O)(=O)Cc1cccc(CC(=S)Cc2ccccc2)c1. The Hall–Kier alpha value is -3.81. The predicted molar refractivity (Wildman–Crippen MR) is 160 cm³/mol. The number of carbonyl (C=O) groups is 1. The average molecular weight is 558 g/mol. The molecule has 0 saturated carbocycles. The molecular weight excluding hydrogens is 526 g/mol. The molecule has 0 heterocycles. The van der Waals surface area contributed by atoms with Crippen molar-refractivity contribution in [1.29, 1.82) is 0 Å². The number of nitrogens with zero attached hydrogens (tertiary/aromatic N) is 1. The molecule has 7 heteroatoms. The van der Waals surface area contributed by atoms with Crippen molar-refractivity contribution < 1.29 is 17.9 Å². The van der Waals surface area contributed by atoms with Crippen molar-refractivity contribution in [3.8, 4) is 16.9 Å². The highest BCUT2D eigenvalue weighted by atomic mass is 32.2. The number of sulfone groups is 1. The summed E-state index contributed by atoms with van der Waals surface area (Å²) in [4.78, 5) is 15.0. The van der Waals surface area contributed by atoms with Gasteiger partial charge in [0.15, 0.2) is 9.84 Å². The highest BCUT2D eigenvalue weighted by Crippen LogP contribution is 2.32. The third kappa shape index (κ3) is 7.19. The standard InChI is InChI=1S/C32H31NO4S2/c1-33(2)32(34)28-14-8-13-26(20-28)27-15-16-30(37-3)31(21-27)39(35,36)22-25-12-7-11-24(17-25)19-29(38)18-23-9-5-4-6-10-23/h4-17,20-21H,18-19,22H2,1-3H3. The molecule has 4 rings (SSSR count). The largest absolute Gasteiger partial charge is 0.495 e. The maximum Gasteiger partial charge on any atom is 0.253 e. The fourth-order valence-corrected chi connectivity index (χ4v) is 6.30. The zero-order valence-electron chi connectivity index (χ0n) is 22.3. The Morgan fingerprint density at radius 3 is 2.13 bits per heavy atom. The van der Waals surface area contributed by atoms with E-state index in [4.69, 9.17) is 17.0 Å². The van der Waals surface area contributed by atoms with E-state index in [2.05, 4.69) is 0 Å². The van der Waals surface area contributed by atoms with E-state index in [0.717, 1.165) is 21.6 Å². The molecule has 4 aromatic carbocycles. The number of benzene rings is 4. The summed E-state index contributed by atoms with van der Waals surface area (Å²) in [7, 11) is 1.09. The third-order valence-corrected chi connectivity index (χ3v) is 8.33. The third-order valence-electron chi connectivity index (χ3n) is 6.34. The van der Waals surface area contributed by atoms with E-state index in [-0.39, 0.29) is 22.3 Å². The van der Waals surface area contributed by atoms with Crippen molar-refractivity contribution in [1.82, 2.24) is 4.90 Å². The van der Waals surface area contributed by atoms with Gasteiger partial charge in [0.1, 0.15) is 10.6 Å². The van der Waals surface area contributed by atoms with Gasteiger partial charge in [0.2, 0.25) is 0 Å². The lowest BCUT2D eigenvalue weighted by molar-refractivity contribution is 0.0827. The van der Waals surface area contributed by atoms with Crippen molar-refractivity contribution in [3.63, 3.8) is 0 Å². The summed E-state index contributed by atoms with van der Waals surface area (Å²) in [5, 5.41) is 0. The van der Waals surface area contributed by atoms with Crippen LogP contribution in [0.3, 0.4) is 0 Å². The maximum atomic E-state index is 13.6. The van der Waals surface area contributed by atoms with Gasteiger partial charge < -0.3 is 9.64 Å². The fourth-order valence-electron chi connectivity index (χ4n) is 4.43. The van der Waals surface area contributed by atoms with Gasteiger partial charge >= 0.3 is 0 Å². The summed E-state index contributed by atoms with van der Waals surface area (Å²) >= 11 is 5.62. The van der Waals surface area contributed by atoms with E-state index in [1.54, 1.807) is 50.5 Å². The predicted octanol–water partition coefficient (Wildman–Crippen LogP) is 6.19. The molecule has 200 valence electrons. The summed E-state index contributed by atoms with van der Waals surface area (Å²) in [6.07, 6.45) is 1.29. The van der Waals surface area contributed by atoms with Gasteiger partial charge in [0.05, 0.1) is 12.9 Å². The number of hydrogen-bond acceptors (Lipinski definition) is 5. The molecule has 0 saturated heterocycles. The molecule has 1 amide bonds. The molecule has 39 heavy (non-hydrogen) atoms. The summed E-state index contributed by atoms with van der Waals surface area (Å²) in [5.74, 6) is -0.0218. The molecule has 5 nitrogen and oxygen atoms in total. The van der Waals surface area contributed by atoms with Crippen LogP contribution in [0.15, 0.2) is 102 Å². The van der Waals surface area contributed by atoms with Gasteiger partial charge in [0, 0.05) is 37.4 Å². The molecule has 4 aromatic rings. The monoisotopic (exact) mass is 557 g/mol. The van der Waals surface area contributed by atoms with Crippen LogP contribution in [0, 0.1) is 0 Å². The second-order valence-corrected chi connectivity index (χ2v) is 12.1. The van der Waals surface area contributed by atoms with Gasteiger partial charge in [-0.15, -0.1) is 0 Å². The number of amides is 1. The lowest BCUT2D eigenvalue weighted by atomic mass is 10.0. The molecule has 0 aromatic heterocycles. The molecule has 0 aliphatic heterocycles. The van der Waals surface area contributed by atoms with Crippen LogP contribution in [0.5, 0.6) is 5.75 Å². The van der Waals surface area contributed by atoms with Crippen LogP contribution >= 0.6 is 12.2 Å². The highest BCUT2D eigenvalue weighted by molar-refractivity contribution is 7.90. The van der Waals surface area contributed by atoms with Crippen molar-refractivity contribution in [2.75, 3.05) is 21.2 Å². The second kappa shape index (κ2) is 12.4. The van der Waals surface area contributed by atoms with E-state index in [1.807, 2.05) is 60.7 Å². The molecule has 0 aliphatic rings. The molecule has 0 radical (unpaired) electrons. The highest BCUT2D eigenvalue weighted by Gasteiger charge is 2.22. The molecule has 0 unspecified atom stereocenters. The molecule has 0 N–H and O–H groups in total. The van der Waals surface area contributed by atoms with E-state index in [1.165, 1.54) is 12.0 Å². The van der Waals surface area contributed by atoms with E-state index >= 15 is 0 Å². The number of methoxy groups -OCH3 is 1. The van der Waals surface area contributed by atoms with Crippen LogP contribution in [0.2, 0.25) is 0 Å². The molecule has 0 aliphatic carbocycles. The van der Waals surface area contributed by atoms with Crippen LogP contribution in [-0.2, 0) is 28.4 Å². The number of carbonyl (C=O) groups excluding carboxylic acids is 1. The molecule has 0 spiro atoms. The van der Waals surface area contributed by atoms with Crippen LogP contribution in [0.1, 0.15) is 27.0 Å². The summed E-state index contributed by atoms with van der Waals surface area (Å²) in [6, 6.07) is 29.8. The first-order chi connectivity index (χ1) is 18.7. The number of hydrogen-bond donors (Lipinski definition) is 0. The van der Waals surface area contributed by atoms with Crippen LogP contribution in [0.25, 0.3) is 11.1 Å². The Kier molecular flexibility index (Phi) is 8.94. The van der Waals surface area contributed by atoms with Crippen molar-refractivity contribution >= 4 is 32.8 Å². The van der Waals surface area contributed by atoms with Gasteiger partial charge in [0.25, 0.3) is 5.91 Å². The number of ether oxygens (including phenoxy) is 1. The Bertz CT molecular complexity index is 1600. The summed E-state index contributed by atoms with van der Waals surface area (Å²) < 4.78 is 32.7. The minimum Gasteiger partial charge on any atom is -0.495 e. The van der Waals surface area contributed by atoms with E-state index in [9.17, 15) is 13.2 Å². The van der Waals surface area contributed by atoms with Gasteiger partial charge in [-0.05, 0) is 52.1 Å². The second-order valence-electron chi connectivity index (χ2n) is 9.60. The zero-order chi connectivity index (χ0) is 28.0. The maximum absolute atomic E-state index is 13.6. The topological polar surface area (TPSA) is 63.7 Å². The minimum atomic E-state index is -3.75. The number of rotatable bonds is 10. The Morgan fingerprint density at radius 2 is 1.41 bits per heavy atom. The average Bonchev–Trinajstić information content (AvgIpc) is 2.92. The van der Waals surface area contributed by atoms with Gasteiger partial charge in [-0.3, -0.25) is 4.79 Å². The van der Waals surface area contributed by atoms with Crippen LogP contribution < -0.4 is 4.74 Å². The van der Waals surface area contributed by atoms with E-state index in [0.29, 0.717) is 29.5 Å². The first-order valence-electron chi connectivity index (χ1n) is 12.5. The zero-order valence-corrected chi connectivity index (χ0v) is 23.9. The molecule has 0 bridgehead atoms. The van der Waals surface area contributed by atoms with Crippen molar-refractivity contribution in [2.24, 2.45) is 0 Å². The molecule has 0 fully saturated rings. The Balaban J connectivity index is 1.58. The first-order valence-corrected chi connectivity index (χ1v) is 14.6. The Morgan fingerprint density at radius 1 is 0.769 bits per heavy atom. The molecular formula is C32H31NO4S2. The minimum absolute atomic E-state index is 0.108. The lowest BCUT2D eigenvalue weighted by Gasteiger charge is -2.14. The Labute approximate surface area is 236 Å². The van der Waals surface area contributed by atoms with E-state index < -0.39 is 9.84 Å². The normalized spacial score (nSPS) is 11.2. The van der Waals surface area contributed by atoms with Crippen molar-refractivity contribution in [2.45, 2.75) is 23.5 Å². The quantitative estimate of drug-likeness (QED) is 0.218. The summed E-state index contributed by atoms with van der Waals surface area (Å²) in [5.41, 5.74) is 4.77. The lowest BCUT2D eigenvalue weighted by Crippen LogP contribution is -2.21. The smallest absolute Gasteiger partial charge is 0.253 e. The van der Waals surface area contributed by atoms with Gasteiger partial charge in [-0.25, -0.2) is 8.42 Å². The van der Waals surface area contributed by atoms with Crippen molar-refractivity contribution in [3.05, 3.63) is 119 Å². The van der Waals surface area contributed by atoms with Gasteiger partial charge in [-0.2, -0.15) is 0 Å². The molecule has 0 atom stereocenters. The summed E-state index contributed by atoms with van der Waals surface area (Å²) in [6.45, 7) is 0. The first kappa shape index (κ1) is 28.2. The number of thiocarbonyl (C=S) groups is 1. The fraction of sp³-hybridized carbons (Fsp3) is 0.188. The van der Waals surface area contributed by atoms with Crippen LogP contribution in [-0.4, -0.2) is 45.3 Å². The van der Waals surface area contributed by atoms with Crippen LogP contribution in [0.4, 0.5) is 0 Å².